The predicted octanol–water partition coefficient (Wildman–Crippen LogP) is 3.88. The summed E-state index contributed by atoms with van der Waals surface area (Å²) in [5, 5.41) is 0.558. The molecule has 1 aliphatic rings. The predicted molar refractivity (Wildman–Crippen MR) is 99.5 cm³/mol. The van der Waals surface area contributed by atoms with Gasteiger partial charge in [-0.05, 0) is 55.0 Å². The van der Waals surface area contributed by atoms with E-state index in [0.29, 0.717) is 9.92 Å². The first kappa shape index (κ1) is 18.4. The van der Waals surface area contributed by atoms with E-state index in [0.717, 1.165) is 30.4 Å². The maximum Gasteiger partial charge on any atom is 0.240 e. The number of aryl methyl sites for hydroxylation is 2. The quantitative estimate of drug-likeness (QED) is 0.828. The van der Waals surface area contributed by atoms with Crippen LogP contribution in [0, 0.1) is 0 Å². The summed E-state index contributed by atoms with van der Waals surface area (Å²) in [6.07, 6.45) is 3.81. The Hall–Kier alpha value is -1.40. The molecule has 1 aliphatic carbocycles. The lowest BCUT2D eigenvalue weighted by Gasteiger charge is -2.19. The van der Waals surface area contributed by atoms with E-state index in [2.05, 4.69) is 4.72 Å². The van der Waals surface area contributed by atoms with Gasteiger partial charge in [-0.1, -0.05) is 35.9 Å². The Morgan fingerprint density at radius 2 is 1.84 bits per heavy atom. The zero-order valence-electron chi connectivity index (χ0n) is 14.2. The van der Waals surface area contributed by atoms with Gasteiger partial charge in [0.1, 0.15) is 0 Å². The van der Waals surface area contributed by atoms with E-state index in [1.54, 1.807) is 25.3 Å². The Balaban J connectivity index is 1.76. The van der Waals surface area contributed by atoms with Crippen LogP contribution < -0.4 is 4.72 Å². The Bertz CT molecular complexity index is 851. The molecule has 0 amide bonds. The molecule has 25 heavy (non-hydrogen) atoms. The van der Waals surface area contributed by atoms with Crippen LogP contribution in [-0.2, 0) is 27.6 Å². The fourth-order valence-electron chi connectivity index (χ4n) is 3.20. The van der Waals surface area contributed by atoms with E-state index < -0.39 is 16.1 Å². The zero-order chi connectivity index (χ0) is 17.9. The molecule has 0 aromatic heterocycles. The highest BCUT2D eigenvalue weighted by molar-refractivity contribution is 7.89. The highest BCUT2D eigenvalue weighted by Gasteiger charge is 2.21. The lowest BCUT2D eigenvalue weighted by molar-refractivity contribution is 0.107. The van der Waals surface area contributed by atoms with E-state index >= 15 is 0 Å². The average Bonchev–Trinajstić information content (AvgIpc) is 2.63. The van der Waals surface area contributed by atoms with Crippen LogP contribution in [0.4, 0.5) is 0 Å². The van der Waals surface area contributed by atoms with Crippen molar-refractivity contribution in [3.63, 3.8) is 0 Å². The number of halogens is 1. The van der Waals surface area contributed by atoms with Gasteiger partial charge in [0.15, 0.2) is 0 Å². The normalized spacial score (nSPS) is 15.6. The number of hydrogen-bond donors (Lipinski definition) is 1. The molecule has 0 fully saturated rings. The molecule has 6 heteroatoms. The van der Waals surface area contributed by atoms with Crippen LogP contribution in [0.15, 0.2) is 47.4 Å². The van der Waals surface area contributed by atoms with Crippen LogP contribution in [0.2, 0.25) is 5.02 Å². The van der Waals surface area contributed by atoms with Crippen molar-refractivity contribution in [1.29, 1.82) is 0 Å². The monoisotopic (exact) mass is 379 g/mol. The summed E-state index contributed by atoms with van der Waals surface area (Å²) in [5.74, 6) is 0. The molecule has 4 nitrogen and oxygen atoms in total. The Morgan fingerprint density at radius 1 is 1.12 bits per heavy atom. The van der Waals surface area contributed by atoms with Crippen molar-refractivity contribution in [3.8, 4) is 0 Å². The van der Waals surface area contributed by atoms with E-state index in [4.69, 9.17) is 16.3 Å². The lowest BCUT2D eigenvalue weighted by atomic mass is 9.92. The molecule has 1 N–H and O–H groups in total. The van der Waals surface area contributed by atoms with Gasteiger partial charge < -0.3 is 4.74 Å². The molecule has 2 aromatic carbocycles. The minimum atomic E-state index is -3.59. The molecule has 2 aromatic rings. The van der Waals surface area contributed by atoms with Crippen LogP contribution in [0.1, 0.15) is 35.6 Å². The topological polar surface area (TPSA) is 55.4 Å². The maximum absolute atomic E-state index is 12.7. The van der Waals surface area contributed by atoms with Crippen LogP contribution in [0.25, 0.3) is 0 Å². The van der Waals surface area contributed by atoms with Gasteiger partial charge in [0, 0.05) is 24.2 Å². The van der Waals surface area contributed by atoms with E-state index in [1.165, 1.54) is 12.0 Å². The van der Waals surface area contributed by atoms with Crippen molar-refractivity contribution >= 4 is 21.6 Å². The van der Waals surface area contributed by atoms with Gasteiger partial charge >= 0.3 is 0 Å². The smallest absolute Gasteiger partial charge is 0.240 e. The van der Waals surface area contributed by atoms with E-state index in [9.17, 15) is 8.42 Å². The average molecular weight is 380 g/mol. The first-order chi connectivity index (χ1) is 12.0. The van der Waals surface area contributed by atoms with Gasteiger partial charge in [-0.15, -0.1) is 0 Å². The molecule has 0 saturated heterocycles. The largest absolute Gasteiger partial charge is 0.375 e. The summed E-state index contributed by atoms with van der Waals surface area (Å²) in [6.45, 7) is 0.125. The summed E-state index contributed by atoms with van der Waals surface area (Å²) >= 11 is 6.19. The fourth-order valence-corrected chi connectivity index (χ4v) is 4.54. The Labute approximate surface area is 154 Å². The van der Waals surface area contributed by atoms with E-state index in [-0.39, 0.29) is 6.54 Å². The van der Waals surface area contributed by atoms with Crippen molar-refractivity contribution in [2.75, 3.05) is 13.7 Å². The Kier molecular flexibility index (Phi) is 5.79. The lowest BCUT2D eigenvalue weighted by Crippen LogP contribution is -2.29. The molecule has 3 rings (SSSR count). The molecular formula is C19H22ClNO3S. The molecule has 0 radical (unpaired) electrons. The van der Waals surface area contributed by atoms with Crippen molar-refractivity contribution < 1.29 is 13.2 Å². The number of nitrogens with one attached hydrogen (secondary N) is 1. The third kappa shape index (κ3) is 4.23. The van der Waals surface area contributed by atoms with Crippen LogP contribution >= 0.6 is 11.6 Å². The second-order valence-corrected chi connectivity index (χ2v) is 8.41. The molecular weight excluding hydrogens is 358 g/mol. The van der Waals surface area contributed by atoms with Gasteiger partial charge in [0.05, 0.1) is 11.0 Å². The first-order valence-electron chi connectivity index (χ1n) is 8.40. The summed E-state index contributed by atoms with van der Waals surface area (Å²) < 4.78 is 33.4. The fraction of sp³-hybridized carbons (Fsp3) is 0.368. The molecule has 0 aliphatic heterocycles. The van der Waals surface area contributed by atoms with Crippen molar-refractivity contribution in [3.05, 3.63) is 64.2 Å². The molecule has 0 heterocycles. The van der Waals surface area contributed by atoms with Gasteiger partial charge in [-0.25, -0.2) is 13.1 Å². The number of hydrogen-bond acceptors (Lipinski definition) is 3. The Morgan fingerprint density at radius 3 is 2.56 bits per heavy atom. The summed E-state index contributed by atoms with van der Waals surface area (Å²) in [6, 6.07) is 12.7. The van der Waals surface area contributed by atoms with Gasteiger partial charge in [-0.3, -0.25) is 0 Å². The number of rotatable bonds is 6. The SMILES string of the molecule is COC(CNS(=O)(=O)c1ccc2c(c1)CCCC2)c1ccccc1Cl. The first-order valence-corrected chi connectivity index (χ1v) is 10.3. The van der Waals surface area contributed by atoms with E-state index in [1.807, 2.05) is 24.3 Å². The minimum absolute atomic E-state index is 0.125. The number of ether oxygens (including phenoxy) is 1. The van der Waals surface area contributed by atoms with Crippen molar-refractivity contribution in [2.24, 2.45) is 0 Å². The summed E-state index contributed by atoms with van der Waals surface area (Å²) in [7, 11) is -2.05. The number of fused-ring (bicyclic) bond motifs is 1. The second kappa shape index (κ2) is 7.87. The third-order valence-electron chi connectivity index (χ3n) is 4.63. The highest BCUT2D eigenvalue weighted by Crippen LogP contribution is 2.26. The summed E-state index contributed by atoms with van der Waals surface area (Å²) in [5.41, 5.74) is 3.17. The van der Waals surface area contributed by atoms with Gasteiger partial charge in [0.2, 0.25) is 10.0 Å². The molecule has 1 unspecified atom stereocenters. The van der Waals surface area contributed by atoms with Crippen LogP contribution in [0.3, 0.4) is 0 Å². The third-order valence-corrected chi connectivity index (χ3v) is 6.39. The standard InChI is InChI=1S/C19H22ClNO3S/c1-24-19(17-8-4-5-9-18(17)20)13-21-25(22,23)16-11-10-14-6-2-3-7-15(14)12-16/h4-5,8-12,19,21H,2-3,6-7,13H2,1H3. The van der Waals surface area contributed by atoms with Crippen LogP contribution in [-0.4, -0.2) is 22.1 Å². The highest BCUT2D eigenvalue weighted by atomic mass is 35.5. The number of benzene rings is 2. The molecule has 134 valence electrons. The van der Waals surface area contributed by atoms with Gasteiger partial charge in [-0.2, -0.15) is 0 Å². The molecule has 0 bridgehead atoms. The molecule has 0 saturated carbocycles. The van der Waals surface area contributed by atoms with Gasteiger partial charge in [0.25, 0.3) is 0 Å². The maximum atomic E-state index is 12.7. The second-order valence-electron chi connectivity index (χ2n) is 6.24. The number of methoxy groups -OCH3 is 1. The zero-order valence-corrected chi connectivity index (χ0v) is 15.7. The molecule has 1 atom stereocenters. The minimum Gasteiger partial charge on any atom is -0.375 e. The summed E-state index contributed by atoms with van der Waals surface area (Å²) in [4.78, 5) is 0.308. The number of sulfonamides is 1. The van der Waals surface area contributed by atoms with Crippen LogP contribution in [0.5, 0.6) is 0 Å². The van der Waals surface area contributed by atoms with Crippen molar-refractivity contribution in [1.82, 2.24) is 4.72 Å². The molecule has 0 spiro atoms. The van der Waals surface area contributed by atoms with Crippen molar-refractivity contribution in [2.45, 2.75) is 36.7 Å².